The number of rotatable bonds is 4. The Hall–Kier alpha value is -0.590. The lowest BCUT2D eigenvalue weighted by molar-refractivity contribution is 0.287. The van der Waals surface area contributed by atoms with Crippen LogP contribution < -0.4 is 4.18 Å². The molecule has 4 nitrogen and oxygen atoms in total. The molecular formula is C8H9BrO4S. The number of hydrogen-bond acceptors (Lipinski definition) is 4. The molecule has 78 valence electrons. The van der Waals surface area contributed by atoms with E-state index in [0.29, 0.717) is 4.47 Å². The molecule has 0 unspecified atom stereocenters. The minimum Gasteiger partial charge on any atom is -0.360 e. The molecule has 0 bridgehead atoms. The third-order valence-corrected chi connectivity index (χ3v) is 2.85. The molecule has 0 aromatic heterocycles. The van der Waals surface area contributed by atoms with Crippen LogP contribution in [0.25, 0.3) is 0 Å². The summed E-state index contributed by atoms with van der Waals surface area (Å²) in [6.45, 7) is 1.62. The normalized spacial score (nSPS) is 11.3. The molecule has 1 aromatic carbocycles. The Kier molecular flexibility index (Phi) is 3.91. The largest absolute Gasteiger partial charge is 0.449 e. The van der Waals surface area contributed by atoms with Gasteiger partial charge in [-0.15, -0.1) is 0 Å². The van der Waals surface area contributed by atoms with Crippen molar-refractivity contribution in [3.8, 4) is 5.75 Å². The molecular weight excluding hydrogens is 272 g/mol. The van der Waals surface area contributed by atoms with Crippen LogP contribution >= 0.6 is 15.9 Å². The van der Waals surface area contributed by atoms with Gasteiger partial charge in [-0.25, -0.2) is 4.18 Å². The minimum absolute atomic E-state index is 0.0484. The Balaban J connectivity index is 2.84. The first-order valence-corrected chi connectivity index (χ1v) is 6.01. The van der Waals surface area contributed by atoms with Crippen LogP contribution in [0.2, 0.25) is 0 Å². The summed E-state index contributed by atoms with van der Waals surface area (Å²) in [6, 6.07) is 6.63. The lowest BCUT2D eigenvalue weighted by Crippen LogP contribution is -2.13. The summed E-state index contributed by atoms with van der Waals surface area (Å²) < 4.78 is 31.8. The molecule has 0 spiro atoms. The maximum Gasteiger partial charge on any atom is 0.449 e. The second-order valence-electron chi connectivity index (χ2n) is 2.33. The summed E-state index contributed by atoms with van der Waals surface area (Å²) in [5.41, 5.74) is 0. The van der Waals surface area contributed by atoms with Gasteiger partial charge in [0.1, 0.15) is 0 Å². The molecule has 0 fully saturated rings. The summed E-state index contributed by atoms with van der Waals surface area (Å²) in [4.78, 5) is 0. The highest BCUT2D eigenvalue weighted by molar-refractivity contribution is 9.10. The molecule has 0 N–H and O–H groups in total. The van der Waals surface area contributed by atoms with Gasteiger partial charge in [0.15, 0.2) is 5.75 Å². The maximum absolute atomic E-state index is 11.1. The van der Waals surface area contributed by atoms with E-state index in [-0.39, 0.29) is 12.4 Å². The van der Waals surface area contributed by atoms with E-state index in [9.17, 15) is 8.42 Å². The van der Waals surface area contributed by atoms with Crippen molar-refractivity contribution in [2.24, 2.45) is 0 Å². The average molecular weight is 281 g/mol. The van der Waals surface area contributed by atoms with E-state index in [2.05, 4.69) is 24.3 Å². The van der Waals surface area contributed by atoms with Gasteiger partial charge in [-0.1, -0.05) is 12.1 Å². The molecule has 0 atom stereocenters. The van der Waals surface area contributed by atoms with E-state index >= 15 is 0 Å². The fourth-order valence-corrected chi connectivity index (χ4v) is 1.97. The van der Waals surface area contributed by atoms with Gasteiger partial charge in [-0.3, -0.25) is 0 Å². The monoisotopic (exact) mass is 280 g/mol. The zero-order valence-corrected chi connectivity index (χ0v) is 9.84. The number of benzene rings is 1. The van der Waals surface area contributed by atoms with Crippen LogP contribution in [-0.4, -0.2) is 15.0 Å². The van der Waals surface area contributed by atoms with Gasteiger partial charge < -0.3 is 4.18 Å². The van der Waals surface area contributed by atoms with Crippen LogP contribution in [0.4, 0.5) is 0 Å². The molecule has 1 rings (SSSR count). The van der Waals surface area contributed by atoms with Gasteiger partial charge in [-0.2, -0.15) is 8.42 Å². The van der Waals surface area contributed by atoms with E-state index in [0.717, 1.165) is 0 Å². The van der Waals surface area contributed by atoms with Gasteiger partial charge in [0.05, 0.1) is 11.1 Å². The first kappa shape index (κ1) is 11.5. The highest BCUT2D eigenvalue weighted by Crippen LogP contribution is 2.25. The van der Waals surface area contributed by atoms with Crippen molar-refractivity contribution in [1.29, 1.82) is 0 Å². The number of halogens is 1. The fraction of sp³-hybridized carbons (Fsp3) is 0.250. The summed E-state index contributed by atoms with van der Waals surface area (Å²) in [5.74, 6) is 0.209. The molecule has 0 aliphatic heterocycles. The van der Waals surface area contributed by atoms with Crippen LogP contribution in [0.15, 0.2) is 28.7 Å². The van der Waals surface area contributed by atoms with Gasteiger partial charge in [0, 0.05) is 0 Å². The van der Waals surface area contributed by atoms with E-state index in [1.54, 1.807) is 25.1 Å². The molecule has 6 heteroatoms. The summed E-state index contributed by atoms with van der Waals surface area (Å²) >= 11 is 3.16. The van der Waals surface area contributed by atoms with Crippen molar-refractivity contribution in [3.63, 3.8) is 0 Å². The van der Waals surface area contributed by atoms with Gasteiger partial charge >= 0.3 is 10.4 Å². The van der Waals surface area contributed by atoms with E-state index < -0.39 is 10.4 Å². The molecule has 14 heavy (non-hydrogen) atoms. The molecule has 0 saturated heterocycles. The first-order valence-electron chi connectivity index (χ1n) is 3.88. The molecule has 0 radical (unpaired) electrons. The number of hydrogen-bond donors (Lipinski definition) is 0. The SMILES string of the molecule is CCOS(=O)(=O)Oc1ccccc1Br. The van der Waals surface area contributed by atoms with E-state index in [1.807, 2.05) is 0 Å². The van der Waals surface area contributed by atoms with Crippen molar-refractivity contribution >= 4 is 26.3 Å². The van der Waals surface area contributed by atoms with Crippen molar-refractivity contribution in [2.45, 2.75) is 6.92 Å². The van der Waals surface area contributed by atoms with Crippen LogP contribution in [0.5, 0.6) is 5.75 Å². The Labute approximate surface area is 91.3 Å². The van der Waals surface area contributed by atoms with Crippen LogP contribution in [-0.2, 0) is 14.6 Å². The summed E-state index contributed by atoms with van der Waals surface area (Å²) in [6.07, 6.45) is 0. The third-order valence-electron chi connectivity index (χ3n) is 1.29. The highest BCUT2D eigenvalue weighted by Gasteiger charge is 2.13. The van der Waals surface area contributed by atoms with Crippen molar-refractivity contribution in [2.75, 3.05) is 6.61 Å². The summed E-state index contributed by atoms with van der Waals surface area (Å²) in [7, 11) is -3.94. The molecule has 1 aromatic rings. The fourth-order valence-electron chi connectivity index (χ4n) is 0.791. The molecule has 0 saturated carbocycles. The second kappa shape index (κ2) is 4.77. The second-order valence-corrected chi connectivity index (χ2v) is 4.40. The molecule has 0 heterocycles. The molecule has 0 aliphatic carbocycles. The Morgan fingerprint density at radius 3 is 2.57 bits per heavy atom. The molecule has 0 amide bonds. The third kappa shape index (κ3) is 3.28. The van der Waals surface area contributed by atoms with Crippen molar-refractivity contribution in [1.82, 2.24) is 0 Å². The average Bonchev–Trinajstić information content (AvgIpc) is 2.08. The number of para-hydroxylation sites is 1. The lowest BCUT2D eigenvalue weighted by atomic mass is 10.3. The van der Waals surface area contributed by atoms with Crippen molar-refractivity contribution < 1.29 is 16.8 Å². The smallest absolute Gasteiger partial charge is 0.360 e. The van der Waals surface area contributed by atoms with Gasteiger partial charge in [-0.05, 0) is 35.0 Å². The van der Waals surface area contributed by atoms with Gasteiger partial charge in [0.25, 0.3) is 0 Å². The topological polar surface area (TPSA) is 52.6 Å². The first-order chi connectivity index (χ1) is 6.55. The zero-order valence-electron chi connectivity index (χ0n) is 7.44. The Morgan fingerprint density at radius 1 is 1.36 bits per heavy atom. The Morgan fingerprint density at radius 2 is 2.00 bits per heavy atom. The van der Waals surface area contributed by atoms with Crippen LogP contribution in [0, 0.1) is 0 Å². The predicted molar refractivity (Wildman–Crippen MR) is 55.3 cm³/mol. The van der Waals surface area contributed by atoms with Crippen LogP contribution in [0.1, 0.15) is 6.92 Å². The standard InChI is InChI=1S/C8H9BrO4S/c1-2-12-14(10,11)13-8-6-4-3-5-7(8)9/h3-6H,2H2,1H3. The lowest BCUT2D eigenvalue weighted by Gasteiger charge is -2.06. The molecule has 0 aliphatic rings. The highest BCUT2D eigenvalue weighted by atomic mass is 79.9. The van der Waals surface area contributed by atoms with E-state index in [1.165, 1.54) is 6.07 Å². The maximum atomic E-state index is 11.1. The minimum atomic E-state index is -3.94. The summed E-state index contributed by atoms with van der Waals surface area (Å²) in [5, 5.41) is 0. The van der Waals surface area contributed by atoms with Crippen LogP contribution in [0.3, 0.4) is 0 Å². The quantitative estimate of drug-likeness (QED) is 0.848. The van der Waals surface area contributed by atoms with Crippen molar-refractivity contribution in [3.05, 3.63) is 28.7 Å². The Bertz CT molecular complexity index is 402. The zero-order chi connectivity index (χ0) is 10.6. The predicted octanol–water partition coefficient (Wildman–Crippen LogP) is 2.11. The van der Waals surface area contributed by atoms with E-state index in [4.69, 9.17) is 0 Å². The van der Waals surface area contributed by atoms with Gasteiger partial charge in [0.2, 0.25) is 0 Å².